The highest BCUT2D eigenvalue weighted by Crippen LogP contribution is 2.26. The average Bonchev–Trinajstić information content (AvgIpc) is 2.83. The molecule has 5 heteroatoms. The summed E-state index contributed by atoms with van der Waals surface area (Å²) in [6.45, 7) is 7.90. The number of aliphatic hydroxyl groups is 1. The molecule has 1 saturated carbocycles. The van der Waals surface area contributed by atoms with Gasteiger partial charge < -0.3 is 15.7 Å². The third-order valence-corrected chi connectivity index (χ3v) is 3.87. The van der Waals surface area contributed by atoms with Gasteiger partial charge >= 0.3 is 0 Å². The zero-order valence-corrected chi connectivity index (χ0v) is 12.7. The summed E-state index contributed by atoms with van der Waals surface area (Å²) in [4.78, 5) is 8.96. The first kappa shape index (κ1) is 15.0. The van der Waals surface area contributed by atoms with Gasteiger partial charge in [-0.05, 0) is 45.4 Å². The number of nitrogens with one attached hydrogen (secondary N) is 2. The Morgan fingerprint density at radius 3 is 2.45 bits per heavy atom. The van der Waals surface area contributed by atoms with Crippen molar-refractivity contribution in [3.05, 3.63) is 11.4 Å². The van der Waals surface area contributed by atoms with Gasteiger partial charge in [-0.1, -0.05) is 6.92 Å². The van der Waals surface area contributed by atoms with E-state index in [1.165, 1.54) is 0 Å². The lowest BCUT2D eigenvalue weighted by Gasteiger charge is -2.16. The summed E-state index contributed by atoms with van der Waals surface area (Å²) in [5.74, 6) is 3.17. The highest BCUT2D eigenvalue weighted by molar-refractivity contribution is 5.57. The smallest absolute Gasteiger partial charge is 0.134 e. The number of aromatic nitrogens is 2. The Kier molecular flexibility index (Phi) is 5.17. The molecule has 2 unspecified atom stereocenters. The predicted molar refractivity (Wildman–Crippen MR) is 82.1 cm³/mol. The monoisotopic (exact) mass is 278 g/mol. The first-order chi connectivity index (χ1) is 9.60. The molecule has 1 aliphatic rings. The van der Waals surface area contributed by atoms with Crippen LogP contribution < -0.4 is 10.6 Å². The third-order valence-electron chi connectivity index (χ3n) is 3.87. The summed E-state index contributed by atoms with van der Waals surface area (Å²) >= 11 is 0. The Labute approximate surface area is 121 Å². The van der Waals surface area contributed by atoms with Crippen molar-refractivity contribution in [1.29, 1.82) is 0 Å². The molecule has 0 aliphatic heterocycles. The molecule has 1 aliphatic carbocycles. The molecule has 0 spiro atoms. The standard InChI is InChI=1S/C15H26N4O/c1-4-7-16-14-10(2)15(19-11(3)18-14)17-9-12-5-6-13(20)8-12/h12-13,20H,4-9H2,1-3H3,(H2,16,17,18,19). The van der Waals surface area contributed by atoms with E-state index in [1.807, 2.05) is 13.8 Å². The minimum absolute atomic E-state index is 0.114. The van der Waals surface area contributed by atoms with Crippen LogP contribution >= 0.6 is 0 Å². The summed E-state index contributed by atoms with van der Waals surface area (Å²) in [6.07, 6.45) is 3.88. The first-order valence-electron chi connectivity index (χ1n) is 7.61. The van der Waals surface area contributed by atoms with Crippen molar-refractivity contribution in [3.8, 4) is 0 Å². The van der Waals surface area contributed by atoms with E-state index in [9.17, 15) is 5.11 Å². The van der Waals surface area contributed by atoms with Crippen molar-refractivity contribution in [2.75, 3.05) is 23.7 Å². The van der Waals surface area contributed by atoms with Crippen molar-refractivity contribution in [2.24, 2.45) is 5.92 Å². The number of aliphatic hydroxyl groups excluding tert-OH is 1. The molecule has 2 rings (SSSR count). The van der Waals surface area contributed by atoms with Crippen LogP contribution in [0.2, 0.25) is 0 Å². The molecule has 0 saturated heterocycles. The normalized spacial score (nSPS) is 22.0. The Hall–Kier alpha value is -1.36. The van der Waals surface area contributed by atoms with E-state index in [2.05, 4.69) is 27.5 Å². The Morgan fingerprint density at radius 2 is 1.85 bits per heavy atom. The molecular formula is C15H26N4O. The minimum Gasteiger partial charge on any atom is -0.393 e. The van der Waals surface area contributed by atoms with E-state index in [1.54, 1.807) is 0 Å². The lowest BCUT2D eigenvalue weighted by molar-refractivity contribution is 0.178. The van der Waals surface area contributed by atoms with E-state index in [0.717, 1.165) is 61.8 Å². The molecule has 0 amide bonds. The molecule has 20 heavy (non-hydrogen) atoms. The summed E-state index contributed by atoms with van der Waals surface area (Å²) in [5, 5.41) is 16.4. The molecule has 1 heterocycles. The maximum Gasteiger partial charge on any atom is 0.134 e. The van der Waals surface area contributed by atoms with Crippen LogP contribution in [-0.2, 0) is 0 Å². The van der Waals surface area contributed by atoms with Gasteiger partial charge in [0.2, 0.25) is 0 Å². The SMILES string of the molecule is CCCNc1nc(C)nc(NCC2CCC(O)C2)c1C. The van der Waals surface area contributed by atoms with Crippen LogP contribution in [0.4, 0.5) is 11.6 Å². The van der Waals surface area contributed by atoms with Gasteiger partial charge in [0, 0.05) is 18.7 Å². The van der Waals surface area contributed by atoms with Crippen molar-refractivity contribution < 1.29 is 5.11 Å². The van der Waals surface area contributed by atoms with Crippen LogP contribution in [0.3, 0.4) is 0 Å². The molecule has 0 bridgehead atoms. The predicted octanol–water partition coefficient (Wildman–Crippen LogP) is 2.49. The van der Waals surface area contributed by atoms with E-state index >= 15 is 0 Å². The van der Waals surface area contributed by atoms with Gasteiger partial charge in [-0.25, -0.2) is 9.97 Å². The van der Waals surface area contributed by atoms with Crippen molar-refractivity contribution in [2.45, 2.75) is 52.6 Å². The highest BCUT2D eigenvalue weighted by atomic mass is 16.3. The van der Waals surface area contributed by atoms with E-state index in [4.69, 9.17) is 0 Å². The fourth-order valence-corrected chi connectivity index (χ4v) is 2.69. The molecule has 0 aromatic carbocycles. The van der Waals surface area contributed by atoms with Gasteiger partial charge in [0.05, 0.1) is 6.10 Å². The Balaban J connectivity index is 2.01. The number of hydrogen-bond donors (Lipinski definition) is 3. The van der Waals surface area contributed by atoms with Gasteiger partial charge in [-0.2, -0.15) is 0 Å². The van der Waals surface area contributed by atoms with Gasteiger partial charge in [0.1, 0.15) is 17.5 Å². The fourth-order valence-electron chi connectivity index (χ4n) is 2.69. The molecule has 0 radical (unpaired) electrons. The van der Waals surface area contributed by atoms with Crippen LogP contribution in [-0.4, -0.2) is 34.3 Å². The van der Waals surface area contributed by atoms with Crippen LogP contribution in [0, 0.1) is 19.8 Å². The average molecular weight is 278 g/mol. The molecule has 2 atom stereocenters. The number of rotatable bonds is 6. The second kappa shape index (κ2) is 6.88. The second-order valence-corrected chi connectivity index (χ2v) is 5.73. The summed E-state index contributed by atoms with van der Waals surface area (Å²) in [5.41, 5.74) is 1.07. The number of nitrogens with zero attached hydrogens (tertiary/aromatic N) is 2. The number of aryl methyl sites for hydroxylation is 1. The van der Waals surface area contributed by atoms with E-state index < -0.39 is 0 Å². The quantitative estimate of drug-likeness (QED) is 0.746. The molecule has 1 aromatic heterocycles. The molecule has 112 valence electrons. The number of hydrogen-bond acceptors (Lipinski definition) is 5. The number of anilines is 2. The fraction of sp³-hybridized carbons (Fsp3) is 0.733. The Morgan fingerprint density at radius 1 is 1.15 bits per heavy atom. The van der Waals surface area contributed by atoms with Crippen LogP contribution in [0.5, 0.6) is 0 Å². The molecule has 5 nitrogen and oxygen atoms in total. The second-order valence-electron chi connectivity index (χ2n) is 5.73. The van der Waals surface area contributed by atoms with E-state index in [-0.39, 0.29) is 6.10 Å². The molecular weight excluding hydrogens is 252 g/mol. The summed E-state index contributed by atoms with van der Waals surface area (Å²) in [6, 6.07) is 0. The summed E-state index contributed by atoms with van der Waals surface area (Å²) < 4.78 is 0. The van der Waals surface area contributed by atoms with Crippen molar-refractivity contribution in [1.82, 2.24) is 9.97 Å². The van der Waals surface area contributed by atoms with Crippen LogP contribution in [0.15, 0.2) is 0 Å². The van der Waals surface area contributed by atoms with Gasteiger partial charge in [0.25, 0.3) is 0 Å². The summed E-state index contributed by atoms with van der Waals surface area (Å²) in [7, 11) is 0. The maximum absolute atomic E-state index is 9.57. The van der Waals surface area contributed by atoms with Crippen molar-refractivity contribution >= 4 is 11.6 Å². The van der Waals surface area contributed by atoms with Crippen LogP contribution in [0.1, 0.15) is 44.0 Å². The van der Waals surface area contributed by atoms with Gasteiger partial charge in [-0.3, -0.25) is 0 Å². The van der Waals surface area contributed by atoms with E-state index in [0.29, 0.717) is 5.92 Å². The molecule has 1 fully saturated rings. The molecule has 1 aromatic rings. The minimum atomic E-state index is -0.114. The topological polar surface area (TPSA) is 70.1 Å². The lowest BCUT2D eigenvalue weighted by atomic mass is 10.1. The lowest BCUT2D eigenvalue weighted by Crippen LogP contribution is -2.16. The highest BCUT2D eigenvalue weighted by Gasteiger charge is 2.22. The third kappa shape index (κ3) is 3.82. The maximum atomic E-state index is 9.57. The largest absolute Gasteiger partial charge is 0.393 e. The van der Waals surface area contributed by atoms with Gasteiger partial charge in [0.15, 0.2) is 0 Å². The zero-order valence-electron chi connectivity index (χ0n) is 12.7. The van der Waals surface area contributed by atoms with Gasteiger partial charge in [-0.15, -0.1) is 0 Å². The first-order valence-corrected chi connectivity index (χ1v) is 7.61. The zero-order chi connectivity index (χ0) is 14.5. The van der Waals surface area contributed by atoms with Crippen molar-refractivity contribution in [3.63, 3.8) is 0 Å². The Bertz CT molecular complexity index is 450. The molecule has 3 N–H and O–H groups in total. The van der Waals surface area contributed by atoms with Crippen LogP contribution in [0.25, 0.3) is 0 Å².